The number of aryl methyl sites for hydroxylation is 2. The highest BCUT2D eigenvalue weighted by molar-refractivity contribution is 5.72. The van der Waals surface area contributed by atoms with Crippen LogP contribution in [0.25, 0.3) is 5.52 Å². The lowest BCUT2D eigenvalue weighted by Crippen LogP contribution is -2.22. The topological polar surface area (TPSA) is 46.4 Å². The molecular formula is C15H19N3O. The molecule has 4 nitrogen and oxygen atoms in total. The smallest absolute Gasteiger partial charge is 0.216 e. The molecular weight excluding hydrogens is 238 g/mol. The van der Waals surface area contributed by atoms with Gasteiger partial charge in [-0.3, -0.25) is 4.79 Å². The van der Waals surface area contributed by atoms with Crippen molar-refractivity contribution in [3.05, 3.63) is 35.2 Å². The first-order valence-corrected chi connectivity index (χ1v) is 6.87. The minimum Gasteiger partial charge on any atom is -0.356 e. The van der Waals surface area contributed by atoms with Crippen molar-refractivity contribution in [3.8, 4) is 0 Å². The maximum Gasteiger partial charge on any atom is 0.216 e. The van der Waals surface area contributed by atoms with E-state index in [0.717, 1.165) is 25.1 Å². The number of aromatic nitrogens is 2. The fourth-order valence-corrected chi connectivity index (χ4v) is 3.12. The van der Waals surface area contributed by atoms with Crippen molar-refractivity contribution in [2.75, 3.05) is 6.54 Å². The van der Waals surface area contributed by atoms with Gasteiger partial charge in [0.05, 0.1) is 11.2 Å². The molecule has 1 amide bonds. The number of carbonyl (C=O) groups is 1. The molecule has 0 spiro atoms. The van der Waals surface area contributed by atoms with Crippen LogP contribution in [0.5, 0.6) is 0 Å². The number of amides is 1. The van der Waals surface area contributed by atoms with E-state index in [1.807, 2.05) is 11.4 Å². The SMILES string of the molecule is CC(=O)NCC[C@H]1CCc2ccn3nc(C)cc3c21. The maximum absolute atomic E-state index is 11.0. The molecule has 19 heavy (non-hydrogen) atoms. The van der Waals surface area contributed by atoms with Gasteiger partial charge in [0.1, 0.15) is 0 Å². The molecule has 4 heteroatoms. The normalized spacial score (nSPS) is 17.7. The van der Waals surface area contributed by atoms with Gasteiger partial charge in [-0.1, -0.05) is 0 Å². The van der Waals surface area contributed by atoms with E-state index in [9.17, 15) is 4.79 Å². The second-order valence-electron chi connectivity index (χ2n) is 5.38. The minimum absolute atomic E-state index is 0.0524. The first-order valence-electron chi connectivity index (χ1n) is 6.87. The van der Waals surface area contributed by atoms with Crippen LogP contribution in [0.4, 0.5) is 0 Å². The Labute approximate surface area is 112 Å². The molecule has 100 valence electrons. The Balaban J connectivity index is 1.89. The largest absolute Gasteiger partial charge is 0.356 e. The summed E-state index contributed by atoms with van der Waals surface area (Å²) in [6, 6.07) is 4.35. The van der Waals surface area contributed by atoms with Crippen molar-refractivity contribution in [2.24, 2.45) is 0 Å². The number of pyridine rings is 1. The molecule has 0 unspecified atom stereocenters. The van der Waals surface area contributed by atoms with Crippen molar-refractivity contribution in [2.45, 2.75) is 39.0 Å². The molecule has 2 heterocycles. The first-order chi connectivity index (χ1) is 9.15. The van der Waals surface area contributed by atoms with Crippen LogP contribution in [0.1, 0.15) is 42.5 Å². The number of hydrogen-bond acceptors (Lipinski definition) is 2. The lowest BCUT2D eigenvalue weighted by molar-refractivity contribution is -0.118. The van der Waals surface area contributed by atoms with Crippen LogP contribution >= 0.6 is 0 Å². The van der Waals surface area contributed by atoms with Gasteiger partial charge in [-0.25, -0.2) is 4.52 Å². The Kier molecular flexibility index (Phi) is 3.01. The second-order valence-corrected chi connectivity index (χ2v) is 5.38. The van der Waals surface area contributed by atoms with Crippen molar-refractivity contribution in [1.29, 1.82) is 0 Å². The van der Waals surface area contributed by atoms with E-state index in [4.69, 9.17) is 0 Å². The number of rotatable bonds is 3. The van der Waals surface area contributed by atoms with Crippen molar-refractivity contribution in [1.82, 2.24) is 14.9 Å². The van der Waals surface area contributed by atoms with Gasteiger partial charge in [-0.05, 0) is 55.4 Å². The fraction of sp³-hybridized carbons (Fsp3) is 0.467. The number of fused-ring (bicyclic) bond motifs is 3. The molecule has 0 aliphatic heterocycles. The van der Waals surface area contributed by atoms with E-state index >= 15 is 0 Å². The summed E-state index contributed by atoms with van der Waals surface area (Å²) >= 11 is 0. The highest BCUT2D eigenvalue weighted by atomic mass is 16.1. The standard InChI is InChI=1S/C15H19N3O/c1-10-9-14-15-12(5-7-16-11(2)19)3-4-13(15)6-8-18(14)17-10/h6,8-9,12H,3-5,7H2,1-2H3,(H,16,19)/t12-/m1/s1. The zero-order valence-corrected chi connectivity index (χ0v) is 11.4. The van der Waals surface area contributed by atoms with Crippen LogP contribution in [0.3, 0.4) is 0 Å². The molecule has 0 bridgehead atoms. The molecule has 0 radical (unpaired) electrons. The van der Waals surface area contributed by atoms with E-state index in [2.05, 4.69) is 28.7 Å². The van der Waals surface area contributed by atoms with E-state index < -0.39 is 0 Å². The van der Waals surface area contributed by atoms with Crippen LogP contribution < -0.4 is 5.32 Å². The molecule has 2 aromatic rings. The lowest BCUT2D eigenvalue weighted by atomic mass is 9.97. The van der Waals surface area contributed by atoms with Gasteiger partial charge in [0, 0.05) is 19.7 Å². The average molecular weight is 257 g/mol. The molecule has 0 fully saturated rings. The molecule has 1 atom stereocenters. The van der Waals surface area contributed by atoms with Crippen LogP contribution in [0.2, 0.25) is 0 Å². The zero-order valence-electron chi connectivity index (χ0n) is 11.4. The van der Waals surface area contributed by atoms with E-state index in [0.29, 0.717) is 5.92 Å². The summed E-state index contributed by atoms with van der Waals surface area (Å²) in [5.74, 6) is 0.596. The summed E-state index contributed by atoms with van der Waals surface area (Å²) in [6.07, 6.45) is 5.38. The van der Waals surface area contributed by atoms with Crippen molar-refractivity contribution in [3.63, 3.8) is 0 Å². The van der Waals surface area contributed by atoms with Gasteiger partial charge in [-0.2, -0.15) is 5.10 Å². The van der Waals surface area contributed by atoms with E-state index in [-0.39, 0.29) is 5.91 Å². The Bertz CT molecular complexity index is 630. The maximum atomic E-state index is 11.0. The van der Waals surface area contributed by atoms with Crippen molar-refractivity contribution < 1.29 is 4.79 Å². The van der Waals surface area contributed by atoms with Gasteiger partial charge in [-0.15, -0.1) is 0 Å². The number of hydrogen-bond donors (Lipinski definition) is 1. The average Bonchev–Trinajstić information content (AvgIpc) is 2.90. The van der Waals surface area contributed by atoms with Crippen molar-refractivity contribution >= 4 is 11.4 Å². The fourth-order valence-electron chi connectivity index (χ4n) is 3.12. The van der Waals surface area contributed by atoms with Crippen LogP contribution in [0.15, 0.2) is 18.3 Å². The number of nitrogens with one attached hydrogen (secondary N) is 1. The lowest BCUT2D eigenvalue weighted by Gasteiger charge is -2.13. The zero-order chi connectivity index (χ0) is 13.4. The summed E-state index contributed by atoms with van der Waals surface area (Å²) in [6.45, 7) is 4.36. The quantitative estimate of drug-likeness (QED) is 0.916. The highest BCUT2D eigenvalue weighted by Crippen LogP contribution is 2.38. The molecule has 0 saturated heterocycles. The summed E-state index contributed by atoms with van der Waals surface area (Å²) in [5, 5.41) is 7.38. The third-order valence-electron chi connectivity index (χ3n) is 3.93. The summed E-state index contributed by atoms with van der Waals surface area (Å²) in [7, 11) is 0. The Morgan fingerprint density at radius 1 is 1.58 bits per heavy atom. The predicted octanol–water partition coefficient (Wildman–Crippen LogP) is 2.20. The Morgan fingerprint density at radius 2 is 2.42 bits per heavy atom. The molecule has 1 N–H and O–H groups in total. The van der Waals surface area contributed by atoms with E-state index in [1.165, 1.54) is 23.1 Å². The third-order valence-corrected chi connectivity index (χ3v) is 3.93. The van der Waals surface area contributed by atoms with Crippen LogP contribution in [0, 0.1) is 6.92 Å². The second kappa shape index (κ2) is 4.68. The van der Waals surface area contributed by atoms with Crippen LogP contribution in [-0.2, 0) is 11.2 Å². The number of nitrogens with zero attached hydrogens (tertiary/aromatic N) is 2. The van der Waals surface area contributed by atoms with Crippen LogP contribution in [-0.4, -0.2) is 22.1 Å². The molecule has 0 saturated carbocycles. The third kappa shape index (κ3) is 2.23. The minimum atomic E-state index is 0.0524. The summed E-state index contributed by atoms with van der Waals surface area (Å²) in [5.41, 5.74) is 5.18. The van der Waals surface area contributed by atoms with Gasteiger partial charge in [0.25, 0.3) is 0 Å². The predicted molar refractivity (Wildman–Crippen MR) is 74.3 cm³/mol. The highest BCUT2D eigenvalue weighted by Gasteiger charge is 2.25. The van der Waals surface area contributed by atoms with Gasteiger partial charge < -0.3 is 5.32 Å². The molecule has 1 aliphatic carbocycles. The monoisotopic (exact) mass is 257 g/mol. The van der Waals surface area contributed by atoms with E-state index in [1.54, 1.807) is 6.92 Å². The molecule has 1 aliphatic rings. The molecule has 0 aromatic carbocycles. The number of carbonyl (C=O) groups excluding carboxylic acids is 1. The Hall–Kier alpha value is -1.84. The molecule has 3 rings (SSSR count). The molecule has 2 aromatic heterocycles. The van der Waals surface area contributed by atoms with Gasteiger partial charge >= 0.3 is 0 Å². The summed E-state index contributed by atoms with van der Waals surface area (Å²) in [4.78, 5) is 11.0. The van der Waals surface area contributed by atoms with Gasteiger partial charge in [0.15, 0.2) is 0 Å². The Morgan fingerprint density at radius 3 is 3.21 bits per heavy atom. The first kappa shape index (κ1) is 12.2. The summed E-state index contributed by atoms with van der Waals surface area (Å²) < 4.78 is 1.98. The van der Waals surface area contributed by atoms with Gasteiger partial charge in [0.2, 0.25) is 5.91 Å².